The van der Waals surface area contributed by atoms with Crippen LogP contribution in [0.4, 0.5) is 0 Å². The monoisotopic (exact) mass is 369 g/mol. The zero-order chi connectivity index (χ0) is 18.3. The number of carbonyl (C=O) groups excluding carboxylic acids is 1. The van der Waals surface area contributed by atoms with Crippen molar-refractivity contribution in [3.63, 3.8) is 0 Å². The fraction of sp³-hybridized carbons (Fsp3) is 0.250. The molecule has 1 aliphatic rings. The summed E-state index contributed by atoms with van der Waals surface area (Å²) in [5.74, 6) is 1.18. The van der Waals surface area contributed by atoms with Crippen molar-refractivity contribution in [3.05, 3.63) is 46.3 Å². The summed E-state index contributed by atoms with van der Waals surface area (Å²) in [4.78, 5) is 12.3. The van der Waals surface area contributed by atoms with Gasteiger partial charge in [0.25, 0.3) is 0 Å². The van der Waals surface area contributed by atoms with Gasteiger partial charge >= 0.3 is 5.97 Å². The Hall–Kier alpha value is -2.73. The second-order valence-electron chi connectivity index (χ2n) is 6.06. The summed E-state index contributed by atoms with van der Waals surface area (Å²) in [5, 5.41) is 4.12. The van der Waals surface area contributed by atoms with E-state index in [0.29, 0.717) is 12.2 Å². The maximum Gasteiger partial charge on any atom is 0.354 e. The number of hydrogen-bond donors (Lipinski definition) is 0. The summed E-state index contributed by atoms with van der Waals surface area (Å²) in [7, 11) is 4.72. The van der Waals surface area contributed by atoms with Gasteiger partial charge in [0.05, 0.1) is 27.0 Å². The van der Waals surface area contributed by atoms with Crippen molar-refractivity contribution in [1.82, 2.24) is 4.57 Å². The van der Waals surface area contributed by atoms with Gasteiger partial charge in [0, 0.05) is 23.7 Å². The molecule has 0 aliphatic carbocycles. The highest BCUT2D eigenvalue weighted by molar-refractivity contribution is 7.08. The number of thiophene rings is 1. The molecule has 3 aromatic rings. The molecule has 0 amide bonds. The third kappa shape index (κ3) is 2.49. The van der Waals surface area contributed by atoms with E-state index in [1.165, 1.54) is 7.11 Å². The van der Waals surface area contributed by atoms with Crippen LogP contribution in [0.5, 0.6) is 11.5 Å². The Morgan fingerprint density at radius 3 is 2.65 bits per heavy atom. The maximum absolute atomic E-state index is 12.3. The van der Waals surface area contributed by atoms with Crippen molar-refractivity contribution in [3.8, 4) is 33.9 Å². The van der Waals surface area contributed by atoms with E-state index in [4.69, 9.17) is 14.2 Å². The highest BCUT2D eigenvalue weighted by Gasteiger charge is 2.29. The minimum absolute atomic E-state index is 0.330. The largest absolute Gasteiger partial charge is 0.497 e. The summed E-state index contributed by atoms with van der Waals surface area (Å²) < 4.78 is 18.1. The molecule has 6 heteroatoms. The average molecular weight is 369 g/mol. The SMILES string of the molecule is COC(=O)c1cc(-c2ccsc2)c2n1CCc1cc(OC)cc(OC)c1-2. The molecule has 0 fully saturated rings. The number of fused-ring (bicyclic) bond motifs is 3. The number of aryl methyl sites for hydroxylation is 1. The van der Waals surface area contributed by atoms with Gasteiger partial charge in [-0.25, -0.2) is 4.79 Å². The molecule has 0 spiro atoms. The summed E-state index contributed by atoms with van der Waals surface area (Å²) in [5.41, 5.74) is 5.81. The van der Waals surface area contributed by atoms with Crippen LogP contribution in [-0.2, 0) is 17.7 Å². The van der Waals surface area contributed by atoms with E-state index in [0.717, 1.165) is 45.9 Å². The van der Waals surface area contributed by atoms with E-state index in [1.54, 1.807) is 25.6 Å². The number of nitrogens with zero attached hydrogens (tertiary/aromatic N) is 1. The van der Waals surface area contributed by atoms with Crippen molar-refractivity contribution in [1.29, 1.82) is 0 Å². The molecule has 0 saturated heterocycles. The predicted molar refractivity (Wildman–Crippen MR) is 101 cm³/mol. The van der Waals surface area contributed by atoms with E-state index in [2.05, 4.69) is 11.4 Å². The molecule has 3 heterocycles. The topological polar surface area (TPSA) is 49.7 Å². The van der Waals surface area contributed by atoms with Crippen LogP contribution in [0.2, 0.25) is 0 Å². The first-order valence-corrected chi connectivity index (χ1v) is 9.22. The number of hydrogen-bond acceptors (Lipinski definition) is 5. The Kier molecular flexibility index (Phi) is 4.20. The van der Waals surface area contributed by atoms with Crippen LogP contribution in [0.15, 0.2) is 35.0 Å². The Balaban J connectivity index is 2.04. The van der Waals surface area contributed by atoms with E-state index >= 15 is 0 Å². The number of ether oxygens (including phenoxy) is 3. The summed E-state index contributed by atoms with van der Waals surface area (Å²) in [6.07, 6.45) is 0.789. The molecule has 0 N–H and O–H groups in total. The van der Waals surface area contributed by atoms with Gasteiger partial charge in [-0.05, 0) is 46.5 Å². The molecule has 1 aliphatic heterocycles. The van der Waals surface area contributed by atoms with E-state index in [1.807, 2.05) is 28.1 Å². The molecule has 0 bridgehead atoms. The number of benzene rings is 1. The lowest BCUT2D eigenvalue weighted by molar-refractivity contribution is 0.0588. The van der Waals surface area contributed by atoms with Crippen LogP contribution in [-0.4, -0.2) is 31.9 Å². The van der Waals surface area contributed by atoms with Crippen molar-refractivity contribution in [2.45, 2.75) is 13.0 Å². The molecular weight excluding hydrogens is 350 g/mol. The van der Waals surface area contributed by atoms with Crippen LogP contribution in [0.25, 0.3) is 22.4 Å². The van der Waals surface area contributed by atoms with Gasteiger partial charge in [0.2, 0.25) is 0 Å². The third-order valence-corrected chi connectivity index (χ3v) is 5.46. The van der Waals surface area contributed by atoms with Gasteiger partial charge in [-0.15, -0.1) is 0 Å². The molecule has 0 atom stereocenters. The number of rotatable bonds is 4. The fourth-order valence-corrected chi connectivity index (χ4v) is 4.24. The molecule has 0 saturated carbocycles. The van der Waals surface area contributed by atoms with E-state index in [-0.39, 0.29) is 5.97 Å². The number of aromatic nitrogens is 1. The number of carbonyl (C=O) groups is 1. The van der Waals surface area contributed by atoms with Crippen molar-refractivity contribution in [2.75, 3.05) is 21.3 Å². The van der Waals surface area contributed by atoms with Gasteiger partial charge in [-0.1, -0.05) is 0 Å². The Morgan fingerprint density at radius 1 is 1.15 bits per heavy atom. The second-order valence-corrected chi connectivity index (χ2v) is 6.84. The first-order chi connectivity index (χ1) is 12.7. The molecule has 4 rings (SSSR count). The highest BCUT2D eigenvalue weighted by atomic mass is 32.1. The number of methoxy groups -OCH3 is 3. The van der Waals surface area contributed by atoms with Crippen LogP contribution in [0.1, 0.15) is 16.1 Å². The number of esters is 1. The summed E-state index contributed by atoms with van der Waals surface area (Å²) in [6, 6.07) is 7.91. The Labute approximate surface area is 155 Å². The van der Waals surface area contributed by atoms with Gasteiger partial charge in [0.15, 0.2) is 0 Å². The van der Waals surface area contributed by atoms with Crippen LogP contribution < -0.4 is 9.47 Å². The van der Waals surface area contributed by atoms with E-state index in [9.17, 15) is 4.79 Å². The summed E-state index contributed by atoms with van der Waals surface area (Å²) >= 11 is 1.63. The summed E-state index contributed by atoms with van der Waals surface area (Å²) in [6.45, 7) is 0.702. The molecule has 26 heavy (non-hydrogen) atoms. The van der Waals surface area contributed by atoms with Crippen molar-refractivity contribution < 1.29 is 19.0 Å². The van der Waals surface area contributed by atoms with E-state index < -0.39 is 0 Å². The lowest BCUT2D eigenvalue weighted by Crippen LogP contribution is -2.17. The molecular formula is C20H19NO4S. The molecule has 2 aromatic heterocycles. The molecule has 134 valence electrons. The zero-order valence-electron chi connectivity index (χ0n) is 14.9. The van der Waals surface area contributed by atoms with Crippen molar-refractivity contribution in [2.24, 2.45) is 0 Å². The van der Waals surface area contributed by atoms with Gasteiger partial charge < -0.3 is 18.8 Å². The van der Waals surface area contributed by atoms with Crippen LogP contribution in [0.3, 0.4) is 0 Å². The molecule has 0 unspecified atom stereocenters. The minimum Gasteiger partial charge on any atom is -0.497 e. The van der Waals surface area contributed by atoms with Gasteiger partial charge in [0.1, 0.15) is 17.2 Å². The van der Waals surface area contributed by atoms with Crippen molar-refractivity contribution >= 4 is 17.3 Å². The van der Waals surface area contributed by atoms with Crippen LogP contribution in [0, 0.1) is 0 Å². The second kappa shape index (κ2) is 6.53. The highest BCUT2D eigenvalue weighted by Crippen LogP contribution is 2.46. The Morgan fingerprint density at radius 2 is 2.00 bits per heavy atom. The molecule has 5 nitrogen and oxygen atoms in total. The fourth-order valence-electron chi connectivity index (χ4n) is 3.58. The molecule has 1 aromatic carbocycles. The first-order valence-electron chi connectivity index (χ1n) is 8.27. The smallest absolute Gasteiger partial charge is 0.354 e. The standard InChI is InChI=1S/C20H19NO4S/c1-23-14-8-12-4-6-21-16(20(22)25-3)10-15(13-5-7-26-11-13)19(21)18(12)17(9-14)24-2/h5,7-11H,4,6H2,1-3H3. The quantitative estimate of drug-likeness (QED) is 0.646. The molecule has 0 radical (unpaired) electrons. The van der Waals surface area contributed by atoms with Gasteiger partial charge in [-0.3, -0.25) is 0 Å². The lowest BCUT2D eigenvalue weighted by Gasteiger charge is -2.24. The predicted octanol–water partition coefficient (Wildman–Crippen LogP) is 4.24. The average Bonchev–Trinajstić information content (AvgIpc) is 3.33. The zero-order valence-corrected chi connectivity index (χ0v) is 15.7. The maximum atomic E-state index is 12.3. The lowest BCUT2D eigenvalue weighted by atomic mass is 9.93. The minimum atomic E-state index is -0.330. The van der Waals surface area contributed by atoms with Gasteiger partial charge in [-0.2, -0.15) is 11.3 Å². The first kappa shape index (κ1) is 16.7. The Bertz CT molecular complexity index is 955. The third-order valence-electron chi connectivity index (χ3n) is 4.78. The van der Waals surface area contributed by atoms with Crippen LogP contribution >= 0.6 is 11.3 Å². The normalized spacial score (nSPS) is 12.3.